The molecule has 7 nitrogen and oxygen atoms in total. The molecular formula is C25H30BrN3O4S. The molecule has 0 radical (unpaired) electrons. The van der Waals surface area contributed by atoms with Crippen LogP contribution >= 0.6 is 15.9 Å². The molecule has 34 heavy (non-hydrogen) atoms. The number of hydrogen-bond acceptors (Lipinski definition) is 4. The number of hydrogen-bond donors (Lipinski definition) is 1. The van der Waals surface area contributed by atoms with E-state index in [1.165, 1.54) is 4.31 Å². The molecule has 2 heterocycles. The van der Waals surface area contributed by atoms with E-state index in [2.05, 4.69) is 21.2 Å². The number of anilines is 1. The molecule has 0 unspecified atom stereocenters. The van der Waals surface area contributed by atoms with Crippen molar-refractivity contribution in [2.75, 3.05) is 24.5 Å². The maximum absolute atomic E-state index is 13.8. The number of nitrogens with one attached hydrogen (secondary N) is 1. The molecule has 4 rings (SSSR count). The molecule has 182 valence electrons. The summed E-state index contributed by atoms with van der Waals surface area (Å²) in [4.78, 5) is 27.3. The first-order chi connectivity index (χ1) is 16.2. The molecule has 1 saturated heterocycles. The summed E-state index contributed by atoms with van der Waals surface area (Å²) >= 11 is 3.44. The highest BCUT2D eigenvalue weighted by molar-refractivity contribution is 9.10. The highest BCUT2D eigenvalue weighted by atomic mass is 79.9. The predicted octanol–water partition coefficient (Wildman–Crippen LogP) is 4.03. The molecular weight excluding hydrogens is 518 g/mol. The molecule has 9 heteroatoms. The van der Waals surface area contributed by atoms with Gasteiger partial charge in [-0.1, -0.05) is 53.2 Å². The van der Waals surface area contributed by atoms with E-state index in [1.54, 1.807) is 17.9 Å². The lowest BCUT2D eigenvalue weighted by atomic mass is 9.98. The number of piperidine rings is 1. The summed E-state index contributed by atoms with van der Waals surface area (Å²) in [7, 11) is -3.90. The second-order valence-corrected chi connectivity index (χ2v) is 11.7. The van der Waals surface area contributed by atoms with Gasteiger partial charge >= 0.3 is 0 Å². The second kappa shape index (κ2) is 10.2. The summed E-state index contributed by atoms with van der Waals surface area (Å²) in [6, 6.07) is 13.0. The van der Waals surface area contributed by atoms with Crippen LogP contribution in [0, 0.1) is 5.92 Å². The fourth-order valence-corrected chi connectivity index (χ4v) is 7.22. The van der Waals surface area contributed by atoms with E-state index in [-0.39, 0.29) is 29.3 Å². The van der Waals surface area contributed by atoms with Crippen LogP contribution in [0.2, 0.25) is 0 Å². The van der Waals surface area contributed by atoms with Crippen molar-refractivity contribution in [3.63, 3.8) is 0 Å². The van der Waals surface area contributed by atoms with Gasteiger partial charge in [0.2, 0.25) is 21.8 Å². The number of fused-ring (bicyclic) bond motifs is 1. The Morgan fingerprint density at radius 3 is 2.62 bits per heavy atom. The zero-order valence-corrected chi connectivity index (χ0v) is 21.9. The molecule has 0 saturated carbocycles. The van der Waals surface area contributed by atoms with E-state index in [9.17, 15) is 18.0 Å². The molecule has 2 aromatic rings. The minimum absolute atomic E-state index is 0.0941. The van der Waals surface area contributed by atoms with Gasteiger partial charge in [0.15, 0.2) is 0 Å². The van der Waals surface area contributed by atoms with Crippen LogP contribution in [0.1, 0.15) is 50.3 Å². The number of nitrogens with zero attached hydrogens (tertiary/aromatic N) is 2. The molecule has 1 fully saturated rings. The Labute approximate surface area is 209 Å². The number of amides is 2. The van der Waals surface area contributed by atoms with Gasteiger partial charge in [-0.2, -0.15) is 4.31 Å². The molecule has 2 atom stereocenters. The van der Waals surface area contributed by atoms with Gasteiger partial charge in [0, 0.05) is 30.5 Å². The Hall–Kier alpha value is -2.23. The zero-order chi connectivity index (χ0) is 24.5. The van der Waals surface area contributed by atoms with Crippen molar-refractivity contribution in [1.29, 1.82) is 0 Å². The predicted molar refractivity (Wildman–Crippen MR) is 135 cm³/mol. The van der Waals surface area contributed by atoms with E-state index >= 15 is 0 Å². The third kappa shape index (κ3) is 4.92. The largest absolute Gasteiger partial charge is 0.349 e. The van der Waals surface area contributed by atoms with Crippen molar-refractivity contribution in [3.8, 4) is 0 Å². The van der Waals surface area contributed by atoms with Crippen LogP contribution in [-0.2, 0) is 26.0 Å². The van der Waals surface area contributed by atoms with Crippen LogP contribution in [0.5, 0.6) is 0 Å². The fraction of sp³-hybridized carbons (Fsp3) is 0.440. The second-order valence-electron chi connectivity index (χ2n) is 8.90. The molecule has 1 N–H and O–H groups in total. The van der Waals surface area contributed by atoms with Crippen LogP contribution in [0.25, 0.3) is 0 Å². The lowest BCUT2D eigenvalue weighted by molar-refractivity contribution is -0.126. The lowest BCUT2D eigenvalue weighted by Gasteiger charge is -2.33. The highest BCUT2D eigenvalue weighted by Crippen LogP contribution is 2.39. The third-order valence-electron chi connectivity index (χ3n) is 6.63. The van der Waals surface area contributed by atoms with Crippen LogP contribution in [0.4, 0.5) is 5.69 Å². The number of sulfonamides is 1. The standard InChI is InChI=1S/C25H30BrN3O4S/c1-3-23(30)29-13-11-19-14-21(26)15-22(24(19)29)34(32,33)28-12-7-10-20(16-28)25(31)27-17(2)18-8-5-4-6-9-18/h4-6,8-9,14-15,17,20H,3,7,10-13,16H2,1-2H3,(H,27,31)/t17-,20-/m1/s1. The molecule has 2 aromatic carbocycles. The first-order valence-electron chi connectivity index (χ1n) is 11.7. The van der Waals surface area contributed by atoms with Gasteiger partial charge in [0.05, 0.1) is 17.6 Å². The molecule has 0 aromatic heterocycles. The van der Waals surface area contributed by atoms with Crippen molar-refractivity contribution < 1.29 is 18.0 Å². The maximum Gasteiger partial charge on any atom is 0.245 e. The minimum atomic E-state index is -3.90. The Morgan fingerprint density at radius 1 is 1.18 bits per heavy atom. The number of rotatable bonds is 6. The number of halogens is 1. The molecule has 0 spiro atoms. The van der Waals surface area contributed by atoms with E-state index < -0.39 is 15.9 Å². The van der Waals surface area contributed by atoms with Crippen molar-refractivity contribution >= 4 is 43.5 Å². The van der Waals surface area contributed by atoms with Crippen molar-refractivity contribution in [3.05, 3.63) is 58.1 Å². The van der Waals surface area contributed by atoms with E-state index in [0.29, 0.717) is 48.9 Å². The Balaban J connectivity index is 1.57. The van der Waals surface area contributed by atoms with Gasteiger partial charge in [0.25, 0.3) is 0 Å². The summed E-state index contributed by atoms with van der Waals surface area (Å²) in [6.45, 7) is 4.65. The maximum atomic E-state index is 13.8. The van der Waals surface area contributed by atoms with Gasteiger partial charge in [-0.05, 0) is 49.4 Å². The van der Waals surface area contributed by atoms with Crippen LogP contribution in [0.15, 0.2) is 51.8 Å². The Bertz CT molecular complexity index is 1190. The first kappa shape index (κ1) is 24.9. The summed E-state index contributed by atoms with van der Waals surface area (Å²) in [5, 5.41) is 3.04. The molecule has 2 aliphatic heterocycles. The number of carbonyl (C=O) groups is 2. The SMILES string of the molecule is CCC(=O)N1CCc2cc(Br)cc(S(=O)(=O)N3CCC[C@@H](C(=O)N[C@H](C)c4ccccc4)C3)c21. The monoisotopic (exact) mass is 547 g/mol. The smallest absolute Gasteiger partial charge is 0.245 e. The molecule has 0 aliphatic carbocycles. The van der Waals surface area contributed by atoms with Crippen LogP contribution < -0.4 is 10.2 Å². The number of carbonyl (C=O) groups excluding carboxylic acids is 2. The van der Waals surface area contributed by atoms with Gasteiger partial charge in [0.1, 0.15) is 4.90 Å². The summed E-state index contributed by atoms with van der Waals surface area (Å²) in [6.07, 6.45) is 2.16. The highest BCUT2D eigenvalue weighted by Gasteiger charge is 2.38. The molecule has 0 bridgehead atoms. The fourth-order valence-electron chi connectivity index (χ4n) is 4.78. The number of benzene rings is 2. The van der Waals surface area contributed by atoms with E-state index in [4.69, 9.17) is 0 Å². The lowest BCUT2D eigenvalue weighted by Crippen LogP contribution is -2.46. The topological polar surface area (TPSA) is 86.8 Å². The molecule has 2 amide bonds. The van der Waals surface area contributed by atoms with Crippen LogP contribution in [-0.4, -0.2) is 44.2 Å². The summed E-state index contributed by atoms with van der Waals surface area (Å²) in [5.74, 6) is -0.662. The van der Waals surface area contributed by atoms with Gasteiger partial charge in [-0.3, -0.25) is 9.59 Å². The van der Waals surface area contributed by atoms with E-state index in [0.717, 1.165) is 11.1 Å². The van der Waals surface area contributed by atoms with Crippen molar-refractivity contribution in [2.24, 2.45) is 5.92 Å². The average molecular weight is 549 g/mol. The minimum Gasteiger partial charge on any atom is -0.349 e. The normalized spacial score (nSPS) is 19.5. The Kier molecular flexibility index (Phi) is 7.45. The zero-order valence-electron chi connectivity index (χ0n) is 19.5. The first-order valence-corrected chi connectivity index (χ1v) is 13.9. The quantitative estimate of drug-likeness (QED) is 0.591. The average Bonchev–Trinajstić information content (AvgIpc) is 3.27. The van der Waals surface area contributed by atoms with Crippen LogP contribution in [0.3, 0.4) is 0 Å². The summed E-state index contributed by atoms with van der Waals surface area (Å²) in [5.41, 5.74) is 2.33. The van der Waals surface area contributed by atoms with E-state index in [1.807, 2.05) is 43.3 Å². The van der Waals surface area contributed by atoms with Crippen molar-refractivity contribution in [1.82, 2.24) is 9.62 Å². The van der Waals surface area contributed by atoms with Crippen molar-refractivity contribution in [2.45, 2.75) is 50.5 Å². The summed E-state index contributed by atoms with van der Waals surface area (Å²) < 4.78 is 29.7. The van der Waals surface area contributed by atoms with Gasteiger partial charge < -0.3 is 10.2 Å². The Morgan fingerprint density at radius 2 is 1.91 bits per heavy atom. The molecule has 2 aliphatic rings. The third-order valence-corrected chi connectivity index (χ3v) is 8.96. The van der Waals surface area contributed by atoms with Gasteiger partial charge in [-0.25, -0.2) is 8.42 Å². The van der Waals surface area contributed by atoms with Gasteiger partial charge in [-0.15, -0.1) is 0 Å².